The number of amides is 1. The number of hydrogen-bond donors (Lipinski definition) is 2. The van der Waals surface area contributed by atoms with Crippen molar-refractivity contribution in [2.24, 2.45) is 5.92 Å². The molecule has 1 aliphatic rings. The van der Waals surface area contributed by atoms with E-state index in [1.807, 2.05) is 24.3 Å². The Morgan fingerprint density at radius 2 is 2.11 bits per heavy atom. The molecule has 1 fully saturated rings. The van der Waals surface area contributed by atoms with Crippen LogP contribution in [0, 0.1) is 5.92 Å². The second kappa shape index (κ2) is 8.65. The SMILES string of the molecule is O=C(NCCCc1ccccc1)[C@@H]1CCCN(c2nc3ccc(Cl)cc3[nH]2)C1. The fourth-order valence-electron chi connectivity index (χ4n) is 3.79. The van der Waals surface area contributed by atoms with Gasteiger partial charge in [-0.1, -0.05) is 41.9 Å². The molecule has 2 aromatic carbocycles. The summed E-state index contributed by atoms with van der Waals surface area (Å²) in [7, 11) is 0. The second-order valence-electron chi connectivity index (χ2n) is 7.39. The zero-order valence-electron chi connectivity index (χ0n) is 15.8. The number of nitrogens with zero attached hydrogens (tertiary/aromatic N) is 2. The van der Waals surface area contributed by atoms with E-state index in [4.69, 9.17) is 11.6 Å². The van der Waals surface area contributed by atoms with Gasteiger partial charge in [0.15, 0.2) is 0 Å². The van der Waals surface area contributed by atoms with Crippen LogP contribution in [0.25, 0.3) is 11.0 Å². The van der Waals surface area contributed by atoms with Crippen LogP contribution >= 0.6 is 11.6 Å². The summed E-state index contributed by atoms with van der Waals surface area (Å²) in [5.41, 5.74) is 3.13. The normalized spacial score (nSPS) is 17.0. The van der Waals surface area contributed by atoms with Crippen molar-refractivity contribution < 1.29 is 4.79 Å². The Kier molecular flexibility index (Phi) is 5.81. The molecule has 0 spiro atoms. The highest BCUT2D eigenvalue weighted by atomic mass is 35.5. The summed E-state index contributed by atoms with van der Waals surface area (Å²) in [6.07, 6.45) is 3.85. The molecule has 0 aliphatic carbocycles. The quantitative estimate of drug-likeness (QED) is 0.614. The zero-order valence-corrected chi connectivity index (χ0v) is 16.6. The van der Waals surface area contributed by atoms with E-state index in [0.717, 1.165) is 49.2 Å². The number of aryl methyl sites for hydroxylation is 1. The Hall–Kier alpha value is -2.53. The van der Waals surface area contributed by atoms with Gasteiger partial charge >= 0.3 is 0 Å². The Morgan fingerprint density at radius 1 is 1.25 bits per heavy atom. The lowest BCUT2D eigenvalue weighted by Crippen LogP contribution is -2.43. The number of H-pyrrole nitrogens is 1. The van der Waals surface area contributed by atoms with Gasteiger partial charge in [-0.25, -0.2) is 4.98 Å². The number of nitrogens with one attached hydrogen (secondary N) is 2. The average molecular weight is 397 g/mol. The van der Waals surface area contributed by atoms with Crippen molar-refractivity contribution in [1.29, 1.82) is 0 Å². The standard InChI is InChI=1S/C22H25ClN4O/c23-18-10-11-19-20(14-18)26-22(25-19)27-13-5-9-17(15-27)21(28)24-12-4-8-16-6-2-1-3-7-16/h1-3,6-7,10-11,14,17H,4-5,8-9,12-13,15H2,(H,24,28)(H,25,26)/t17-/m1/s1. The van der Waals surface area contributed by atoms with Gasteiger partial charge in [-0.3, -0.25) is 4.79 Å². The molecule has 1 amide bonds. The highest BCUT2D eigenvalue weighted by Crippen LogP contribution is 2.25. The number of hydrogen-bond acceptors (Lipinski definition) is 3. The smallest absolute Gasteiger partial charge is 0.224 e. The molecule has 6 heteroatoms. The molecule has 2 N–H and O–H groups in total. The van der Waals surface area contributed by atoms with E-state index in [1.165, 1.54) is 5.56 Å². The molecule has 3 aromatic rings. The molecule has 0 radical (unpaired) electrons. The van der Waals surface area contributed by atoms with Crippen LogP contribution in [0.4, 0.5) is 5.95 Å². The minimum Gasteiger partial charge on any atom is -0.356 e. The molecule has 146 valence electrons. The van der Waals surface area contributed by atoms with Crippen molar-refractivity contribution in [1.82, 2.24) is 15.3 Å². The molecular weight excluding hydrogens is 372 g/mol. The molecule has 0 bridgehead atoms. The van der Waals surface area contributed by atoms with Gasteiger partial charge in [0, 0.05) is 24.7 Å². The lowest BCUT2D eigenvalue weighted by molar-refractivity contribution is -0.125. The average Bonchev–Trinajstić information content (AvgIpc) is 3.15. The Bertz CT molecular complexity index is 940. The van der Waals surface area contributed by atoms with Crippen molar-refractivity contribution in [3.63, 3.8) is 0 Å². The van der Waals surface area contributed by atoms with Gasteiger partial charge in [0.25, 0.3) is 0 Å². The number of carbonyl (C=O) groups is 1. The van der Waals surface area contributed by atoms with Gasteiger partial charge in [-0.2, -0.15) is 0 Å². The molecular formula is C22H25ClN4O. The maximum absolute atomic E-state index is 12.6. The number of fused-ring (bicyclic) bond motifs is 1. The number of anilines is 1. The number of imidazole rings is 1. The minimum absolute atomic E-state index is 0.00211. The first kappa shape index (κ1) is 18.8. The van der Waals surface area contributed by atoms with Crippen LogP contribution in [-0.4, -0.2) is 35.5 Å². The number of halogens is 1. The summed E-state index contributed by atoms with van der Waals surface area (Å²) < 4.78 is 0. The summed E-state index contributed by atoms with van der Waals surface area (Å²) >= 11 is 6.06. The van der Waals surface area contributed by atoms with Crippen molar-refractivity contribution in [3.05, 3.63) is 59.1 Å². The lowest BCUT2D eigenvalue weighted by Gasteiger charge is -2.31. The molecule has 1 aromatic heterocycles. The van der Waals surface area contributed by atoms with E-state index in [-0.39, 0.29) is 11.8 Å². The van der Waals surface area contributed by atoms with Gasteiger partial charge in [0.1, 0.15) is 0 Å². The molecule has 4 rings (SSSR count). The molecule has 28 heavy (non-hydrogen) atoms. The largest absolute Gasteiger partial charge is 0.356 e. The summed E-state index contributed by atoms with van der Waals surface area (Å²) in [5.74, 6) is 0.970. The number of rotatable bonds is 6. The third kappa shape index (κ3) is 4.47. The summed E-state index contributed by atoms with van der Waals surface area (Å²) in [5, 5.41) is 3.80. The third-order valence-corrected chi connectivity index (χ3v) is 5.54. The Labute approximate surface area is 170 Å². The fourth-order valence-corrected chi connectivity index (χ4v) is 3.97. The van der Waals surface area contributed by atoms with Crippen molar-refractivity contribution in [2.45, 2.75) is 25.7 Å². The van der Waals surface area contributed by atoms with Crippen molar-refractivity contribution in [2.75, 3.05) is 24.5 Å². The van der Waals surface area contributed by atoms with Gasteiger partial charge in [0.05, 0.1) is 17.0 Å². The first-order valence-corrected chi connectivity index (χ1v) is 10.3. The van der Waals surface area contributed by atoms with Crippen LogP contribution in [0.5, 0.6) is 0 Å². The molecule has 1 saturated heterocycles. The first-order chi connectivity index (χ1) is 13.7. The van der Waals surface area contributed by atoms with E-state index in [9.17, 15) is 4.79 Å². The van der Waals surface area contributed by atoms with Gasteiger partial charge in [-0.15, -0.1) is 0 Å². The first-order valence-electron chi connectivity index (χ1n) is 9.91. The van der Waals surface area contributed by atoms with Crippen LogP contribution in [0.2, 0.25) is 5.02 Å². The van der Waals surface area contributed by atoms with Crippen molar-refractivity contribution in [3.8, 4) is 0 Å². The number of benzene rings is 2. The monoisotopic (exact) mass is 396 g/mol. The highest BCUT2D eigenvalue weighted by Gasteiger charge is 2.27. The summed E-state index contributed by atoms with van der Waals surface area (Å²) in [4.78, 5) is 22.8. The van der Waals surface area contributed by atoms with Crippen LogP contribution < -0.4 is 10.2 Å². The predicted octanol–water partition coefficient (Wildman–Crippen LogP) is 4.18. The Balaban J connectivity index is 1.30. The van der Waals surface area contributed by atoms with Gasteiger partial charge < -0.3 is 15.2 Å². The topological polar surface area (TPSA) is 61.0 Å². The molecule has 0 unspecified atom stereocenters. The van der Waals surface area contributed by atoms with E-state index in [2.05, 4.69) is 44.5 Å². The maximum atomic E-state index is 12.6. The third-order valence-electron chi connectivity index (χ3n) is 5.31. The maximum Gasteiger partial charge on any atom is 0.224 e. The molecule has 5 nitrogen and oxygen atoms in total. The van der Waals surface area contributed by atoms with E-state index in [0.29, 0.717) is 18.1 Å². The summed E-state index contributed by atoms with van der Waals surface area (Å²) in [6.45, 7) is 2.32. The molecule has 1 atom stereocenters. The van der Waals surface area contributed by atoms with Crippen LogP contribution in [0.15, 0.2) is 48.5 Å². The highest BCUT2D eigenvalue weighted by molar-refractivity contribution is 6.31. The predicted molar refractivity (Wildman–Crippen MR) is 114 cm³/mol. The van der Waals surface area contributed by atoms with Gasteiger partial charge in [0.2, 0.25) is 11.9 Å². The van der Waals surface area contributed by atoms with E-state index in [1.54, 1.807) is 0 Å². The Morgan fingerprint density at radius 3 is 2.96 bits per heavy atom. The molecule has 0 saturated carbocycles. The number of aromatic amines is 1. The lowest BCUT2D eigenvalue weighted by atomic mass is 9.97. The second-order valence-corrected chi connectivity index (χ2v) is 7.82. The fraction of sp³-hybridized carbons (Fsp3) is 0.364. The van der Waals surface area contributed by atoms with Crippen LogP contribution in [0.1, 0.15) is 24.8 Å². The molecule has 1 aliphatic heterocycles. The van der Waals surface area contributed by atoms with Crippen LogP contribution in [-0.2, 0) is 11.2 Å². The zero-order chi connectivity index (χ0) is 19.3. The number of aromatic nitrogens is 2. The van der Waals surface area contributed by atoms with Gasteiger partial charge in [-0.05, 0) is 49.4 Å². The van der Waals surface area contributed by atoms with E-state index < -0.39 is 0 Å². The molecule has 2 heterocycles. The number of piperidine rings is 1. The minimum atomic E-state index is 0.00211. The summed E-state index contributed by atoms with van der Waals surface area (Å²) in [6, 6.07) is 16.0. The number of carbonyl (C=O) groups excluding carboxylic acids is 1. The van der Waals surface area contributed by atoms with Crippen molar-refractivity contribution >= 4 is 34.5 Å². The van der Waals surface area contributed by atoms with Crippen LogP contribution in [0.3, 0.4) is 0 Å². The van der Waals surface area contributed by atoms with E-state index >= 15 is 0 Å².